The van der Waals surface area contributed by atoms with Gasteiger partial charge in [0.1, 0.15) is 190 Å². The van der Waals surface area contributed by atoms with E-state index in [2.05, 4.69) is 0 Å². The van der Waals surface area contributed by atoms with Crippen LogP contribution in [0.2, 0.25) is 0 Å². The molecular weight excluding hydrogens is 1950 g/mol. The van der Waals surface area contributed by atoms with Crippen LogP contribution in [0.15, 0.2) is 0 Å². The van der Waals surface area contributed by atoms with Crippen LogP contribution in [0.4, 0.5) is 0 Å². The molecule has 0 spiro atoms. The van der Waals surface area contributed by atoms with Crippen molar-refractivity contribution >= 4 is 176 Å². The monoisotopic (exact) mass is 2100 g/mol. The Morgan fingerprint density at radius 2 is 0.265 bits per heavy atom. The second kappa shape index (κ2) is 82.1. The molecule has 0 aliphatic heterocycles. The minimum absolute atomic E-state index is 0.0108. The van der Waals surface area contributed by atoms with E-state index in [9.17, 15) is 144 Å². The van der Waals surface area contributed by atoms with Crippen molar-refractivity contribution in [2.45, 2.75) is 323 Å². The predicted octanol–water partition coefficient (Wildman–Crippen LogP) is 6.69. The number of carbonyl (C=O) groups is 30. The summed E-state index contributed by atoms with van der Waals surface area (Å²) in [5.41, 5.74) is -4.97. The Kier molecular flexibility index (Phi) is 78.4. The largest absolute Gasteiger partial charge is 0.465 e. The van der Waals surface area contributed by atoms with Gasteiger partial charge >= 0.3 is 89.5 Å². The molecule has 0 saturated carbocycles. The minimum atomic E-state index is -1.72. The number of carbonyl (C=O) groups excluding carboxylic acids is 30. The van der Waals surface area contributed by atoms with Gasteiger partial charge in [-0.25, -0.2) is 0 Å². The number of rotatable bonds is 81. The van der Waals surface area contributed by atoms with Crippen molar-refractivity contribution in [2.24, 2.45) is 16.2 Å². The average Bonchev–Trinajstić information content (AvgIpc) is 0.557. The van der Waals surface area contributed by atoms with Gasteiger partial charge in [-0.15, -0.1) is 0 Å². The summed E-state index contributed by atoms with van der Waals surface area (Å²) < 4.78 is 84.9. The molecule has 2 atom stereocenters. The summed E-state index contributed by atoms with van der Waals surface area (Å²) in [4.78, 5) is 352. The highest BCUT2D eigenvalue weighted by Gasteiger charge is 2.43. The number of ketones is 15. The van der Waals surface area contributed by atoms with Crippen LogP contribution in [-0.4, -0.2) is 312 Å². The molecule has 0 rings (SSSR count). The van der Waals surface area contributed by atoms with Crippen molar-refractivity contribution in [1.29, 1.82) is 0 Å². The molecule has 830 valence electrons. The summed E-state index contributed by atoms with van der Waals surface area (Å²) in [6, 6.07) is 0. The number of nitrogens with zero attached hydrogens (tertiary/aromatic N) is 1. The van der Waals surface area contributed by atoms with Gasteiger partial charge in [0.05, 0.1) is 120 Å². The van der Waals surface area contributed by atoms with E-state index in [0.717, 1.165) is 0 Å². The van der Waals surface area contributed by atoms with Crippen LogP contribution in [0.3, 0.4) is 0 Å². The lowest BCUT2D eigenvalue weighted by Gasteiger charge is -2.35. The first-order valence-corrected chi connectivity index (χ1v) is 47.8. The van der Waals surface area contributed by atoms with Crippen LogP contribution in [-0.2, 0) is 220 Å². The highest BCUT2D eigenvalue weighted by Crippen LogP contribution is 2.29. The second-order valence-corrected chi connectivity index (χ2v) is 35.5. The molecule has 0 heterocycles. The quantitative estimate of drug-likeness (QED) is 0.0452. The van der Waals surface area contributed by atoms with Crippen molar-refractivity contribution in [3.8, 4) is 0 Å². The Labute approximate surface area is 854 Å². The fourth-order valence-corrected chi connectivity index (χ4v) is 10.6. The van der Waals surface area contributed by atoms with E-state index in [1.807, 2.05) is 0 Å². The number of hydrogen-bond donors (Lipinski definition) is 0. The molecule has 0 aliphatic rings. The Balaban J connectivity index is -0.000000997. The molecule has 2 unspecified atom stereocenters. The normalized spacial score (nSPS) is 11.1. The molecule has 0 aliphatic carbocycles. The highest BCUT2D eigenvalue weighted by molar-refractivity contribution is 5.89. The molecule has 0 saturated heterocycles. The molecule has 0 aromatic carbocycles. The Morgan fingerprint density at radius 1 is 0.156 bits per heavy atom. The third-order valence-electron chi connectivity index (χ3n) is 19.7. The summed E-state index contributed by atoms with van der Waals surface area (Å²) in [7, 11) is 0. The fourth-order valence-electron chi connectivity index (χ4n) is 10.6. The SMILES string of the molecule is CC(=O)CCC(=O)OC(C)C(C)OC(=O)CCC(C)=O.CC(=O)CCC(=O)OCC(COC(=O)CCC(C)=O)(COC(=O)CCC(C)=O)COC(=O)CCC(C)=O.CC(=O)CCC(=O)OCC(COCC(COC(=O)CCC(C)=O)(COC(=O)CCC(C)=O)COC(=O)CCC(C)=O)(COC(=O)CCC(C)=O)COC(=O)CCC(C)=O.CC(=O)CCC(=O)OCCN(CCOC(=O)CCC(C)=O)CCOC(=O)CCC(C)=O. The average molecular weight is 2100 g/mol. The Hall–Kier alpha value is -13.0. The van der Waals surface area contributed by atoms with Gasteiger partial charge < -0.3 is 148 Å². The van der Waals surface area contributed by atoms with Crippen LogP contribution >= 0.6 is 0 Å². The summed E-state index contributed by atoms with van der Waals surface area (Å²) in [5, 5.41) is 0. The van der Waals surface area contributed by atoms with E-state index in [0.29, 0.717) is 19.6 Å². The van der Waals surface area contributed by atoms with E-state index in [1.54, 1.807) is 18.7 Å². The Bertz CT molecular complexity index is 3850. The zero-order valence-corrected chi connectivity index (χ0v) is 87.8. The maximum Gasteiger partial charge on any atom is 0.306 e. The fraction of sp³-hybridized carbons (Fsp3) is 0.700. The number of Topliss-reactive ketones (excluding diaryl/α,β-unsaturated/α-hetero) is 15. The standard InChI is InChI=1S/C40H58O19.C25H36O12.C21H33NO9.C14H22O6/c1-27(41)7-13-33(47)54-21-39(22-55-34(48)14-8-28(2)42,23-56-35(49)15-9-29(3)43)19-53-20-40(24-57-36(50)16-10-30(4)44,25-58-37(51)17-11-31(5)45)26-59-38(52)18-12-32(6)46;1-17(26)5-9-21(30)34-13-25(14-35-22(31)10-6-18(2)27,15-36-23(32)11-7-19(3)28)16-37-24(33)12-8-20(4)29;1-16(23)4-7-19(26)29-13-10-22(11-14-30-20(27)8-5-17(2)24)12-15-31-21(28)9-6-18(3)25;1-9(15)5-7-13(17)19-11(3)12(4)20-14(18)8-6-10(2)16/h7-26H2,1-6H3;5-16H2,1-4H3;4-15H2,1-3H3;11-12H,5-8H2,1-4H3. The second-order valence-electron chi connectivity index (χ2n) is 35.5. The first-order valence-electron chi connectivity index (χ1n) is 47.8. The first kappa shape index (κ1) is 140. The van der Waals surface area contributed by atoms with Gasteiger partial charge in [-0.1, -0.05) is 0 Å². The smallest absolute Gasteiger partial charge is 0.306 e. The van der Waals surface area contributed by atoms with Gasteiger partial charge in [0, 0.05) is 116 Å². The first-order chi connectivity index (χ1) is 68.6. The molecule has 0 radical (unpaired) electrons. The van der Waals surface area contributed by atoms with Crippen LogP contribution in [0.5, 0.6) is 0 Å². The summed E-state index contributed by atoms with van der Waals surface area (Å²) >= 11 is 0. The van der Waals surface area contributed by atoms with Crippen molar-refractivity contribution < 1.29 is 220 Å². The van der Waals surface area contributed by atoms with E-state index >= 15 is 0 Å². The minimum Gasteiger partial charge on any atom is -0.465 e. The zero-order valence-electron chi connectivity index (χ0n) is 87.8. The van der Waals surface area contributed by atoms with Gasteiger partial charge in [0.25, 0.3) is 0 Å². The molecule has 147 heavy (non-hydrogen) atoms. The van der Waals surface area contributed by atoms with Gasteiger partial charge in [-0.3, -0.25) is 76.8 Å². The van der Waals surface area contributed by atoms with Gasteiger partial charge in [-0.05, 0) is 118 Å². The van der Waals surface area contributed by atoms with Gasteiger partial charge in [-0.2, -0.15) is 0 Å². The predicted molar refractivity (Wildman–Crippen MR) is 507 cm³/mol. The third kappa shape index (κ3) is 89.2. The van der Waals surface area contributed by atoms with E-state index < -0.39 is 197 Å². The lowest BCUT2D eigenvalue weighted by Crippen LogP contribution is -2.47. The van der Waals surface area contributed by atoms with Crippen LogP contribution in [0.25, 0.3) is 0 Å². The third-order valence-corrected chi connectivity index (χ3v) is 19.7. The zero-order chi connectivity index (χ0) is 113. The molecule has 0 amide bonds. The summed E-state index contributed by atoms with van der Waals surface area (Å²) in [5.74, 6) is -13.8. The van der Waals surface area contributed by atoms with Gasteiger partial charge in [0.2, 0.25) is 0 Å². The summed E-state index contributed by atoms with van der Waals surface area (Å²) in [6.45, 7) is 17.0. The van der Waals surface area contributed by atoms with Crippen LogP contribution in [0, 0.1) is 16.2 Å². The molecule has 47 heteroatoms. The van der Waals surface area contributed by atoms with Gasteiger partial charge in [0.15, 0.2) is 0 Å². The van der Waals surface area contributed by atoms with E-state index in [-0.39, 0.29) is 299 Å². The van der Waals surface area contributed by atoms with Crippen molar-refractivity contribution in [1.82, 2.24) is 4.90 Å². The van der Waals surface area contributed by atoms with Crippen molar-refractivity contribution in [3.05, 3.63) is 0 Å². The number of ether oxygens (including phenoxy) is 16. The maximum atomic E-state index is 12.7. The molecule has 0 fully saturated rings. The highest BCUT2D eigenvalue weighted by atomic mass is 16.6. The van der Waals surface area contributed by atoms with E-state index in [4.69, 9.17) is 75.8 Å². The van der Waals surface area contributed by atoms with Crippen LogP contribution in [0.1, 0.15) is 310 Å². The number of hydrogen-bond acceptors (Lipinski definition) is 47. The molecule has 0 aromatic heterocycles. The molecule has 47 nitrogen and oxygen atoms in total. The molecule has 0 aromatic rings. The van der Waals surface area contributed by atoms with E-state index in [1.165, 1.54) is 104 Å². The van der Waals surface area contributed by atoms with Crippen molar-refractivity contribution in [3.63, 3.8) is 0 Å². The molecular formula is C100H149NO46. The summed E-state index contributed by atoms with van der Waals surface area (Å²) in [6.07, 6.45) is -4.57. The topological polar surface area (TPSA) is 663 Å². The molecule has 0 bridgehead atoms. The van der Waals surface area contributed by atoms with Crippen molar-refractivity contribution in [2.75, 3.05) is 119 Å². The lowest BCUT2D eigenvalue weighted by atomic mass is 9.90. The maximum absolute atomic E-state index is 12.7. The lowest BCUT2D eigenvalue weighted by molar-refractivity contribution is -0.178. The number of esters is 15. The molecule has 0 N–H and O–H groups in total. The van der Waals surface area contributed by atoms with Crippen LogP contribution < -0.4 is 0 Å². The Morgan fingerprint density at radius 3 is 0.388 bits per heavy atom.